The predicted molar refractivity (Wildman–Crippen MR) is 133 cm³/mol. The van der Waals surface area contributed by atoms with Gasteiger partial charge in [0.2, 0.25) is 0 Å². The van der Waals surface area contributed by atoms with Crippen LogP contribution in [0.4, 0.5) is 4.39 Å². The van der Waals surface area contributed by atoms with Gasteiger partial charge in [-0.15, -0.1) is 6.58 Å². The van der Waals surface area contributed by atoms with Crippen molar-refractivity contribution < 1.29 is 14.3 Å². The minimum absolute atomic E-state index is 0.0234. The van der Waals surface area contributed by atoms with Crippen molar-refractivity contribution in [2.24, 2.45) is 5.92 Å². The van der Waals surface area contributed by atoms with Crippen molar-refractivity contribution in [3.05, 3.63) is 70.9 Å². The fourth-order valence-corrected chi connectivity index (χ4v) is 4.28. The number of nitrogens with zero attached hydrogens (tertiary/aromatic N) is 2. The molecule has 2 aromatic heterocycles. The van der Waals surface area contributed by atoms with E-state index in [-0.39, 0.29) is 35.0 Å². The second-order valence-electron chi connectivity index (χ2n) is 8.46. The van der Waals surface area contributed by atoms with Crippen molar-refractivity contribution >= 4 is 16.9 Å². The van der Waals surface area contributed by atoms with Crippen LogP contribution in [0.25, 0.3) is 22.2 Å². The first-order chi connectivity index (χ1) is 16.4. The number of aromatic hydroxyl groups is 1. The molecule has 1 amide bonds. The second kappa shape index (κ2) is 11.1. The molecule has 3 aromatic rings. The van der Waals surface area contributed by atoms with E-state index >= 15 is 0 Å². The third kappa shape index (κ3) is 5.19. The van der Waals surface area contributed by atoms with Crippen LogP contribution in [0.1, 0.15) is 56.8 Å². The minimum Gasteiger partial charge on any atom is -0.506 e. The molecule has 0 bridgehead atoms. The quantitative estimate of drug-likeness (QED) is 0.492. The fourth-order valence-electron chi connectivity index (χ4n) is 4.28. The van der Waals surface area contributed by atoms with Crippen LogP contribution in [0, 0.1) is 11.7 Å². The summed E-state index contributed by atoms with van der Waals surface area (Å²) in [6.45, 7) is 10.0. The largest absolute Gasteiger partial charge is 0.506 e. The summed E-state index contributed by atoms with van der Waals surface area (Å²) in [4.78, 5) is 30.6. The maximum absolute atomic E-state index is 13.3. The van der Waals surface area contributed by atoms with E-state index in [9.17, 15) is 19.1 Å². The Morgan fingerprint density at radius 3 is 2.47 bits per heavy atom. The number of benzene rings is 1. The summed E-state index contributed by atoms with van der Waals surface area (Å²) < 4.78 is 14.6. The molecule has 6 nitrogen and oxygen atoms in total. The lowest BCUT2D eigenvalue weighted by Gasteiger charge is -2.27. The van der Waals surface area contributed by atoms with Gasteiger partial charge in [-0.3, -0.25) is 14.2 Å². The molecule has 0 spiro atoms. The summed E-state index contributed by atoms with van der Waals surface area (Å²) in [5, 5.41) is 14.2. The van der Waals surface area contributed by atoms with Gasteiger partial charge in [0, 0.05) is 24.3 Å². The highest BCUT2D eigenvalue weighted by molar-refractivity contribution is 6.02. The van der Waals surface area contributed by atoms with Crippen LogP contribution < -0.4 is 10.9 Å². The van der Waals surface area contributed by atoms with Crippen LogP contribution in [0.3, 0.4) is 0 Å². The van der Waals surface area contributed by atoms with Crippen LogP contribution in [0.2, 0.25) is 0 Å². The zero-order valence-corrected chi connectivity index (χ0v) is 20.0. The molecular weight excluding hydrogens is 433 g/mol. The summed E-state index contributed by atoms with van der Waals surface area (Å²) >= 11 is 0. The Hall–Kier alpha value is -3.48. The molecule has 0 saturated heterocycles. The highest BCUT2D eigenvalue weighted by Crippen LogP contribution is 2.30. The number of allylic oxidation sites excluding steroid dienone is 1. The van der Waals surface area contributed by atoms with Gasteiger partial charge in [0.1, 0.15) is 22.8 Å². The first kappa shape index (κ1) is 25.1. The number of pyridine rings is 2. The van der Waals surface area contributed by atoms with E-state index in [0.29, 0.717) is 17.0 Å². The predicted octanol–water partition coefficient (Wildman–Crippen LogP) is 5.43. The molecular formula is C27H32FN3O3. The molecule has 1 aliphatic carbocycles. The SMILES string of the molecule is C=CCn1c(=O)c(C(=O)NC2CCC(C)CC2)c(O)c2cc(-c3ccc(F)cc3)cnc21.CC. The van der Waals surface area contributed by atoms with E-state index in [4.69, 9.17) is 0 Å². The van der Waals surface area contributed by atoms with Gasteiger partial charge in [0.05, 0.1) is 5.39 Å². The molecule has 0 atom stereocenters. The van der Waals surface area contributed by atoms with Gasteiger partial charge < -0.3 is 10.4 Å². The van der Waals surface area contributed by atoms with Crippen molar-refractivity contribution in [2.75, 3.05) is 0 Å². The lowest BCUT2D eigenvalue weighted by Crippen LogP contribution is -2.40. The Bertz CT molecular complexity index is 1230. The molecule has 2 heterocycles. The van der Waals surface area contributed by atoms with Crippen molar-refractivity contribution in [3.8, 4) is 16.9 Å². The van der Waals surface area contributed by atoms with Crippen LogP contribution in [-0.2, 0) is 6.54 Å². The molecule has 0 aliphatic heterocycles. The summed E-state index contributed by atoms with van der Waals surface area (Å²) in [6.07, 6.45) is 6.81. The molecule has 0 radical (unpaired) electrons. The monoisotopic (exact) mass is 465 g/mol. The van der Waals surface area contributed by atoms with E-state index in [1.807, 2.05) is 13.8 Å². The van der Waals surface area contributed by atoms with Gasteiger partial charge in [-0.1, -0.05) is 39.0 Å². The van der Waals surface area contributed by atoms with Crippen molar-refractivity contribution in [2.45, 2.75) is 59.0 Å². The number of amides is 1. The standard InChI is InChI=1S/C25H26FN3O3.C2H6/c1-3-12-29-23-20(13-17(14-27-23)16-6-8-18(26)9-7-16)22(30)21(25(29)32)24(31)28-19-10-4-15(2)5-11-19;1-2/h3,6-9,13-15,19,30H,1,4-5,10-12H2,2H3,(H,28,31);1-2H3. The summed E-state index contributed by atoms with van der Waals surface area (Å²) in [5.41, 5.74) is 0.671. The number of nitrogens with one attached hydrogen (secondary N) is 1. The molecule has 2 N–H and O–H groups in total. The molecule has 7 heteroatoms. The molecule has 1 fully saturated rings. The number of carbonyl (C=O) groups is 1. The van der Waals surface area contributed by atoms with Crippen molar-refractivity contribution in [3.63, 3.8) is 0 Å². The van der Waals surface area contributed by atoms with Gasteiger partial charge in [-0.05, 0) is 55.4 Å². The summed E-state index contributed by atoms with van der Waals surface area (Å²) in [5.74, 6) is -0.721. The molecule has 0 unspecified atom stereocenters. The van der Waals surface area contributed by atoms with Gasteiger partial charge >= 0.3 is 0 Å². The van der Waals surface area contributed by atoms with Gasteiger partial charge in [-0.2, -0.15) is 0 Å². The number of hydrogen-bond acceptors (Lipinski definition) is 4. The second-order valence-corrected chi connectivity index (χ2v) is 8.46. The third-order valence-corrected chi connectivity index (χ3v) is 6.14. The zero-order valence-electron chi connectivity index (χ0n) is 20.0. The lowest BCUT2D eigenvalue weighted by atomic mass is 9.87. The normalized spacial score (nSPS) is 17.5. The smallest absolute Gasteiger partial charge is 0.269 e. The van der Waals surface area contributed by atoms with E-state index in [0.717, 1.165) is 25.7 Å². The first-order valence-corrected chi connectivity index (χ1v) is 11.8. The summed E-state index contributed by atoms with van der Waals surface area (Å²) in [7, 11) is 0. The Kier molecular flexibility index (Phi) is 8.21. The summed E-state index contributed by atoms with van der Waals surface area (Å²) in [6, 6.07) is 7.51. The molecule has 1 aliphatic rings. The number of fused-ring (bicyclic) bond motifs is 1. The molecule has 4 rings (SSSR count). The van der Waals surface area contributed by atoms with Crippen molar-refractivity contribution in [1.29, 1.82) is 0 Å². The Morgan fingerprint density at radius 1 is 1.21 bits per heavy atom. The van der Waals surface area contributed by atoms with E-state index in [2.05, 4.69) is 23.8 Å². The van der Waals surface area contributed by atoms with E-state index in [1.165, 1.54) is 22.8 Å². The van der Waals surface area contributed by atoms with E-state index in [1.54, 1.807) is 24.4 Å². The lowest BCUT2D eigenvalue weighted by molar-refractivity contribution is 0.0918. The van der Waals surface area contributed by atoms with Gasteiger partial charge in [0.15, 0.2) is 0 Å². The zero-order chi connectivity index (χ0) is 24.8. The number of carbonyl (C=O) groups excluding carboxylic acids is 1. The van der Waals surface area contributed by atoms with Crippen LogP contribution in [0.5, 0.6) is 5.75 Å². The van der Waals surface area contributed by atoms with Crippen molar-refractivity contribution in [1.82, 2.24) is 14.9 Å². The topological polar surface area (TPSA) is 84.2 Å². The molecule has 34 heavy (non-hydrogen) atoms. The Morgan fingerprint density at radius 2 is 1.85 bits per heavy atom. The first-order valence-electron chi connectivity index (χ1n) is 11.8. The Labute approximate surface area is 199 Å². The number of hydrogen-bond donors (Lipinski definition) is 2. The Balaban J connectivity index is 0.00000158. The van der Waals surface area contributed by atoms with Crippen LogP contribution >= 0.6 is 0 Å². The molecule has 180 valence electrons. The molecule has 1 saturated carbocycles. The minimum atomic E-state index is -0.612. The van der Waals surface area contributed by atoms with Crippen LogP contribution in [-0.4, -0.2) is 26.6 Å². The van der Waals surface area contributed by atoms with Gasteiger partial charge in [-0.25, -0.2) is 9.37 Å². The maximum Gasteiger partial charge on any atom is 0.269 e. The average molecular weight is 466 g/mol. The third-order valence-electron chi connectivity index (χ3n) is 6.14. The van der Waals surface area contributed by atoms with Gasteiger partial charge in [0.25, 0.3) is 11.5 Å². The number of aromatic nitrogens is 2. The fraction of sp³-hybridized carbons (Fsp3) is 0.370. The van der Waals surface area contributed by atoms with Crippen LogP contribution in [0.15, 0.2) is 54.0 Å². The highest BCUT2D eigenvalue weighted by atomic mass is 19.1. The van der Waals surface area contributed by atoms with E-state index < -0.39 is 17.2 Å². The number of rotatable bonds is 5. The molecule has 1 aromatic carbocycles. The maximum atomic E-state index is 13.3. The number of halogens is 1. The average Bonchev–Trinajstić information content (AvgIpc) is 2.85. The highest BCUT2D eigenvalue weighted by Gasteiger charge is 2.26.